The van der Waals surface area contributed by atoms with Gasteiger partial charge in [0.1, 0.15) is 6.61 Å². The van der Waals surface area contributed by atoms with Gasteiger partial charge < -0.3 is 9.47 Å². The maximum absolute atomic E-state index is 12.5. The molecule has 2 aromatic carbocycles. The third-order valence-corrected chi connectivity index (χ3v) is 4.48. The fraction of sp³-hybridized carbons (Fsp3) is 0.136. The summed E-state index contributed by atoms with van der Waals surface area (Å²) in [5, 5.41) is 0. The van der Waals surface area contributed by atoms with Gasteiger partial charge in [-0.1, -0.05) is 36.4 Å². The van der Waals surface area contributed by atoms with E-state index in [1.807, 2.05) is 12.1 Å². The summed E-state index contributed by atoms with van der Waals surface area (Å²) in [6.45, 7) is 1.68. The zero-order valence-corrected chi connectivity index (χ0v) is 16.2. The van der Waals surface area contributed by atoms with Crippen LogP contribution in [-0.2, 0) is 17.1 Å². The molecule has 6 heteroatoms. The average Bonchev–Trinajstić information content (AvgIpc) is 2.75. The van der Waals surface area contributed by atoms with Crippen LogP contribution >= 0.6 is 12.6 Å². The highest BCUT2D eigenvalue weighted by atomic mass is 32.1. The zero-order valence-electron chi connectivity index (χ0n) is 15.3. The van der Waals surface area contributed by atoms with Crippen LogP contribution in [0.15, 0.2) is 66.9 Å². The minimum Gasteiger partial charge on any atom is -0.457 e. The van der Waals surface area contributed by atoms with E-state index in [-0.39, 0.29) is 6.61 Å². The topological polar surface area (TPSA) is 65.5 Å². The second-order valence-electron chi connectivity index (χ2n) is 6.03. The Bertz CT molecular complexity index is 975. The highest BCUT2D eigenvalue weighted by Gasteiger charge is 2.19. The second kappa shape index (κ2) is 9.19. The van der Waals surface area contributed by atoms with Crippen LogP contribution in [0.3, 0.4) is 0 Å². The van der Waals surface area contributed by atoms with Crippen LogP contribution in [0.1, 0.15) is 37.5 Å². The third kappa shape index (κ3) is 4.58. The summed E-state index contributed by atoms with van der Waals surface area (Å²) in [6, 6.07) is 17.4. The number of thiol groups is 1. The van der Waals surface area contributed by atoms with Crippen LogP contribution in [0.5, 0.6) is 5.75 Å². The molecular weight excluding hydrogens is 374 g/mol. The lowest BCUT2D eigenvalue weighted by Gasteiger charge is -2.16. The number of ether oxygens (including phenoxy) is 2. The summed E-state index contributed by atoms with van der Waals surface area (Å²) in [4.78, 5) is 29.1. The molecule has 0 aliphatic heterocycles. The first-order chi connectivity index (χ1) is 13.6. The average molecular weight is 393 g/mol. The Kier molecular flexibility index (Phi) is 6.45. The molecule has 0 radical (unpaired) electrons. The monoisotopic (exact) mass is 393 g/mol. The Balaban J connectivity index is 1.86. The normalized spacial score (nSPS) is 10.4. The lowest BCUT2D eigenvalue weighted by atomic mass is 10.1. The summed E-state index contributed by atoms with van der Waals surface area (Å²) >= 11 is 4.32. The van der Waals surface area contributed by atoms with Gasteiger partial charge in [-0.2, -0.15) is 12.6 Å². The highest BCUT2D eigenvalue weighted by Crippen LogP contribution is 2.28. The van der Waals surface area contributed by atoms with Crippen LogP contribution in [0.2, 0.25) is 0 Å². The van der Waals surface area contributed by atoms with E-state index in [9.17, 15) is 9.59 Å². The van der Waals surface area contributed by atoms with Gasteiger partial charge >= 0.3 is 11.9 Å². The van der Waals surface area contributed by atoms with Crippen LogP contribution in [-0.4, -0.2) is 16.9 Å². The van der Waals surface area contributed by atoms with Gasteiger partial charge in [-0.25, -0.2) is 9.59 Å². The van der Waals surface area contributed by atoms with Crippen LogP contribution in [0, 0.1) is 6.92 Å². The Hall–Kier alpha value is -3.12. The van der Waals surface area contributed by atoms with E-state index in [0.29, 0.717) is 33.9 Å². The molecule has 3 aromatic rings. The molecule has 1 aromatic heterocycles. The van der Waals surface area contributed by atoms with E-state index in [0.717, 1.165) is 5.56 Å². The number of carbonyl (C=O) groups excluding carboxylic acids is 2. The van der Waals surface area contributed by atoms with Crippen molar-refractivity contribution in [3.8, 4) is 5.75 Å². The fourth-order valence-electron chi connectivity index (χ4n) is 2.63. The van der Waals surface area contributed by atoms with Crippen molar-refractivity contribution >= 4 is 24.6 Å². The van der Waals surface area contributed by atoms with Crippen LogP contribution in [0.25, 0.3) is 0 Å². The number of hydrogen-bond acceptors (Lipinski definition) is 6. The molecule has 0 fully saturated rings. The SMILES string of the molecule is Cc1ncc(CS)c(COC(=O)c2ccccc2)c1OC(=O)c1ccccc1. The molecule has 0 amide bonds. The van der Waals surface area contributed by atoms with Crippen molar-refractivity contribution in [3.63, 3.8) is 0 Å². The number of nitrogens with zero attached hydrogens (tertiary/aromatic N) is 1. The molecule has 0 saturated heterocycles. The van der Waals surface area contributed by atoms with Gasteiger partial charge in [0.2, 0.25) is 0 Å². The Morgan fingerprint density at radius 1 is 0.929 bits per heavy atom. The quantitative estimate of drug-likeness (QED) is 0.497. The fourth-order valence-corrected chi connectivity index (χ4v) is 2.90. The van der Waals surface area contributed by atoms with Gasteiger partial charge in [0.15, 0.2) is 5.75 Å². The molecule has 28 heavy (non-hydrogen) atoms. The van der Waals surface area contributed by atoms with Gasteiger partial charge in [0, 0.05) is 17.5 Å². The number of aromatic nitrogens is 1. The molecule has 0 bridgehead atoms. The van der Waals surface area contributed by atoms with E-state index in [2.05, 4.69) is 17.6 Å². The van der Waals surface area contributed by atoms with Crippen molar-refractivity contribution in [1.82, 2.24) is 4.98 Å². The first kappa shape index (κ1) is 19.6. The molecule has 0 aliphatic rings. The number of benzene rings is 2. The zero-order chi connectivity index (χ0) is 19.9. The molecular formula is C22H19NO4S. The van der Waals surface area contributed by atoms with E-state index < -0.39 is 11.9 Å². The number of rotatable bonds is 6. The van der Waals surface area contributed by atoms with E-state index in [1.165, 1.54) is 0 Å². The molecule has 0 saturated carbocycles. The minimum absolute atomic E-state index is 0.0512. The summed E-state index contributed by atoms with van der Waals surface area (Å²) < 4.78 is 11.1. The third-order valence-electron chi connectivity index (χ3n) is 4.14. The van der Waals surface area contributed by atoms with Crippen molar-refractivity contribution in [3.05, 3.63) is 94.8 Å². The second-order valence-corrected chi connectivity index (χ2v) is 6.35. The lowest BCUT2D eigenvalue weighted by Crippen LogP contribution is -2.14. The molecule has 0 atom stereocenters. The first-order valence-electron chi connectivity index (χ1n) is 8.67. The number of pyridine rings is 1. The smallest absolute Gasteiger partial charge is 0.343 e. The largest absolute Gasteiger partial charge is 0.457 e. The lowest BCUT2D eigenvalue weighted by molar-refractivity contribution is 0.0468. The number of carbonyl (C=O) groups is 2. The Morgan fingerprint density at radius 3 is 2.07 bits per heavy atom. The summed E-state index contributed by atoms with van der Waals surface area (Å²) in [5.74, 6) is -0.305. The first-order valence-corrected chi connectivity index (χ1v) is 9.31. The van der Waals surface area contributed by atoms with Crippen LogP contribution in [0.4, 0.5) is 0 Å². The van der Waals surface area contributed by atoms with Gasteiger partial charge in [-0.05, 0) is 36.8 Å². The van der Waals surface area contributed by atoms with E-state index >= 15 is 0 Å². The number of esters is 2. The van der Waals surface area contributed by atoms with Crippen molar-refractivity contribution in [2.45, 2.75) is 19.3 Å². The van der Waals surface area contributed by atoms with Crippen molar-refractivity contribution in [2.75, 3.05) is 0 Å². The van der Waals surface area contributed by atoms with E-state index in [1.54, 1.807) is 61.7 Å². The van der Waals surface area contributed by atoms with Crippen molar-refractivity contribution in [2.24, 2.45) is 0 Å². The van der Waals surface area contributed by atoms with Gasteiger partial charge in [-0.3, -0.25) is 4.98 Å². The molecule has 1 heterocycles. The van der Waals surface area contributed by atoms with Crippen LogP contribution < -0.4 is 4.74 Å². The molecule has 5 nitrogen and oxygen atoms in total. The molecule has 3 rings (SSSR count). The van der Waals surface area contributed by atoms with Crippen molar-refractivity contribution in [1.29, 1.82) is 0 Å². The van der Waals surface area contributed by atoms with Gasteiger partial charge in [0.05, 0.1) is 16.8 Å². The molecule has 0 aliphatic carbocycles. The standard InChI is InChI=1S/C22H19NO4S/c1-15-20(27-22(25)17-10-6-3-7-11-17)19(18(14-28)12-23-15)13-26-21(24)16-8-4-2-5-9-16/h2-12,28H,13-14H2,1H3. The maximum Gasteiger partial charge on any atom is 0.343 e. The van der Waals surface area contributed by atoms with Gasteiger partial charge in [-0.15, -0.1) is 0 Å². The molecule has 142 valence electrons. The summed E-state index contributed by atoms with van der Waals surface area (Å²) in [5.41, 5.74) is 2.70. The summed E-state index contributed by atoms with van der Waals surface area (Å²) in [6.07, 6.45) is 1.65. The van der Waals surface area contributed by atoms with E-state index in [4.69, 9.17) is 9.47 Å². The predicted molar refractivity (Wildman–Crippen MR) is 109 cm³/mol. The maximum atomic E-state index is 12.5. The number of aryl methyl sites for hydroxylation is 1. The molecule has 0 unspecified atom stereocenters. The predicted octanol–water partition coefficient (Wildman–Crippen LogP) is 4.40. The van der Waals surface area contributed by atoms with Crippen molar-refractivity contribution < 1.29 is 19.1 Å². The molecule has 0 spiro atoms. The molecule has 0 N–H and O–H groups in total. The van der Waals surface area contributed by atoms with Gasteiger partial charge in [0.25, 0.3) is 0 Å². The Labute approximate surface area is 168 Å². The number of hydrogen-bond donors (Lipinski definition) is 1. The highest BCUT2D eigenvalue weighted by molar-refractivity contribution is 7.79. The minimum atomic E-state index is -0.502. The summed E-state index contributed by atoms with van der Waals surface area (Å²) in [7, 11) is 0. The Morgan fingerprint density at radius 2 is 1.50 bits per heavy atom.